The second-order valence-electron chi connectivity index (χ2n) is 7.30. The van der Waals surface area contributed by atoms with E-state index in [0.29, 0.717) is 22.1 Å². The molecule has 0 aliphatic carbocycles. The van der Waals surface area contributed by atoms with Gasteiger partial charge in [-0.1, -0.05) is 0 Å². The second kappa shape index (κ2) is 5.41. The summed E-state index contributed by atoms with van der Waals surface area (Å²) in [7, 11) is 0. The molecule has 11 heteroatoms. The SMILES string of the molecule is O=c1c2ccc3c(=O)n4c(nc5scc(Br)c54)c4sc(c2c34)c2nc3scc(Br)c3n12. The third-order valence-corrected chi connectivity index (χ3v) is 10.5. The highest BCUT2D eigenvalue weighted by molar-refractivity contribution is 9.11. The van der Waals surface area contributed by atoms with Crippen LogP contribution in [0.5, 0.6) is 0 Å². The van der Waals surface area contributed by atoms with E-state index in [1.54, 1.807) is 32.3 Å². The Morgan fingerprint density at radius 1 is 0.742 bits per heavy atom. The standard InChI is InChI=1S/C20H4Br2N4O2S3/c21-7-3-29-17-11(7)25-15(23-17)13-9-5(19(25)27)1-2-6-10(9)14(31-13)16-24-18-12(8(22)4-30-18)26(16)20(6)28/h1-4H. The summed E-state index contributed by atoms with van der Waals surface area (Å²) in [5, 5.41) is 6.71. The van der Waals surface area contributed by atoms with E-state index in [0.717, 1.165) is 49.8 Å². The van der Waals surface area contributed by atoms with Crippen molar-refractivity contribution in [3.63, 3.8) is 0 Å². The van der Waals surface area contributed by atoms with Gasteiger partial charge in [-0.05, 0) is 44.0 Å². The summed E-state index contributed by atoms with van der Waals surface area (Å²) in [6, 6.07) is 3.55. The van der Waals surface area contributed by atoms with Crippen molar-refractivity contribution in [2.24, 2.45) is 0 Å². The second-order valence-corrected chi connectivity index (χ2v) is 11.7. The zero-order valence-corrected chi connectivity index (χ0v) is 20.5. The molecule has 0 aliphatic rings. The van der Waals surface area contributed by atoms with Gasteiger partial charge in [0.1, 0.15) is 20.7 Å². The molecule has 7 heterocycles. The lowest BCUT2D eigenvalue weighted by molar-refractivity contribution is 1.18. The van der Waals surface area contributed by atoms with Crippen molar-refractivity contribution in [2.75, 3.05) is 0 Å². The number of pyridine rings is 2. The molecule has 0 aliphatic heterocycles. The summed E-state index contributed by atoms with van der Waals surface area (Å²) in [6.45, 7) is 0. The largest absolute Gasteiger partial charge is 0.268 e. The molecule has 6 nitrogen and oxygen atoms in total. The topological polar surface area (TPSA) is 68.7 Å². The van der Waals surface area contributed by atoms with Crippen LogP contribution in [-0.2, 0) is 0 Å². The molecule has 8 aromatic rings. The first-order chi connectivity index (χ1) is 15.0. The van der Waals surface area contributed by atoms with E-state index in [-0.39, 0.29) is 11.1 Å². The quantitative estimate of drug-likeness (QED) is 0.202. The fraction of sp³-hybridized carbons (Fsp3) is 0. The number of fused-ring (bicyclic) bond motifs is 8. The lowest BCUT2D eigenvalue weighted by Crippen LogP contribution is -2.15. The Morgan fingerprint density at radius 2 is 1.19 bits per heavy atom. The van der Waals surface area contributed by atoms with E-state index in [2.05, 4.69) is 31.9 Å². The molecule has 148 valence electrons. The molecule has 7 aromatic heterocycles. The van der Waals surface area contributed by atoms with Gasteiger partial charge in [0.2, 0.25) is 0 Å². The van der Waals surface area contributed by atoms with Crippen LogP contribution in [0.4, 0.5) is 0 Å². The number of thiophene rings is 3. The highest BCUT2D eigenvalue weighted by Crippen LogP contribution is 2.44. The van der Waals surface area contributed by atoms with Crippen LogP contribution in [0.3, 0.4) is 0 Å². The van der Waals surface area contributed by atoms with Gasteiger partial charge >= 0.3 is 0 Å². The molecule has 8 rings (SSSR count). The van der Waals surface area contributed by atoms with E-state index in [4.69, 9.17) is 9.97 Å². The number of hydrogen-bond acceptors (Lipinski definition) is 7. The summed E-state index contributed by atoms with van der Waals surface area (Å²) in [4.78, 5) is 38.2. The van der Waals surface area contributed by atoms with Crippen molar-refractivity contribution >= 4 is 129 Å². The summed E-state index contributed by atoms with van der Waals surface area (Å²) in [5.74, 6) is 0. The number of benzene rings is 1. The Hall–Kier alpha value is -2.18. The Balaban J connectivity index is 1.77. The highest BCUT2D eigenvalue weighted by atomic mass is 79.9. The van der Waals surface area contributed by atoms with E-state index >= 15 is 0 Å². The molecule has 1 aromatic carbocycles. The van der Waals surface area contributed by atoms with Gasteiger partial charge in [0.25, 0.3) is 11.1 Å². The van der Waals surface area contributed by atoms with Gasteiger partial charge < -0.3 is 0 Å². The smallest absolute Gasteiger partial charge is 0.264 e. The Bertz CT molecular complexity index is 2030. The minimum Gasteiger partial charge on any atom is -0.268 e. The first-order valence-electron chi connectivity index (χ1n) is 9.05. The Morgan fingerprint density at radius 3 is 1.65 bits per heavy atom. The normalized spacial score (nSPS) is 13.1. The number of halogens is 2. The fourth-order valence-electron chi connectivity index (χ4n) is 4.60. The van der Waals surface area contributed by atoms with Gasteiger partial charge in [-0.3, -0.25) is 18.4 Å². The fourth-order valence-corrected chi connectivity index (χ4v) is 9.00. The molecule has 31 heavy (non-hydrogen) atoms. The molecule has 0 N–H and O–H groups in total. The van der Waals surface area contributed by atoms with Crippen LogP contribution in [0.2, 0.25) is 0 Å². The van der Waals surface area contributed by atoms with Crippen molar-refractivity contribution < 1.29 is 0 Å². The zero-order valence-electron chi connectivity index (χ0n) is 14.9. The summed E-state index contributed by atoms with van der Waals surface area (Å²) in [6.07, 6.45) is 0. The summed E-state index contributed by atoms with van der Waals surface area (Å²) < 4.78 is 6.90. The minimum absolute atomic E-state index is 0.120. The van der Waals surface area contributed by atoms with Gasteiger partial charge in [-0.25, -0.2) is 9.97 Å². The molecule has 0 spiro atoms. The zero-order chi connectivity index (χ0) is 20.8. The lowest BCUT2D eigenvalue weighted by Gasteiger charge is -2.04. The van der Waals surface area contributed by atoms with Gasteiger partial charge in [0, 0.05) is 32.3 Å². The van der Waals surface area contributed by atoms with Crippen LogP contribution in [-0.4, -0.2) is 18.8 Å². The third-order valence-electron chi connectivity index (χ3n) is 5.83. The van der Waals surface area contributed by atoms with E-state index < -0.39 is 0 Å². The predicted molar refractivity (Wildman–Crippen MR) is 135 cm³/mol. The molecular formula is C20H4Br2N4O2S3. The van der Waals surface area contributed by atoms with Gasteiger partial charge in [-0.2, -0.15) is 0 Å². The molecule has 0 fully saturated rings. The summed E-state index contributed by atoms with van der Waals surface area (Å²) >= 11 is 11.7. The molecule has 0 saturated carbocycles. The van der Waals surface area contributed by atoms with Crippen LogP contribution in [0.25, 0.3) is 62.9 Å². The maximum absolute atomic E-state index is 13.5. The van der Waals surface area contributed by atoms with Crippen LogP contribution >= 0.6 is 65.9 Å². The molecule has 0 unspecified atom stereocenters. The monoisotopic (exact) mass is 586 g/mol. The maximum Gasteiger partial charge on any atom is 0.264 e. The van der Waals surface area contributed by atoms with Crippen molar-refractivity contribution in [1.82, 2.24) is 18.8 Å². The molecule has 0 bridgehead atoms. The molecule has 0 radical (unpaired) electrons. The number of imidazole rings is 2. The van der Waals surface area contributed by atoms with Crippen molar-refractivity contribution in [2.45, 2.75) is 0 Å². The van der Waals surface area contributed by atoms with E-state index in [1.807, 2.05) is 10.8 Å². The number of nitrogens with zero attached hydrogens (tertiary/aromatic N) is 4. The first-order valence-corrected chi connectivity index (χ1v) is 13.2. The molecule has 0 amide bonds. The summed E-state index contributed by atoms with van der Waals surface area (Å²) in [5.41, 5.74) is 2.61. The number of hydrogen-bond donors (Lipinski definition) is 0. The Kier molecular flexibility index (Phi) is 3.03. The van der Waals surface area contributed by atoms with Crippen LogP contribution in [0.1, 0.15) is 0 Å². The van der Waals surface area contributed by atoms with Crippen molar-refractivity contribution in [3.8, 4) is 0 Å². The number of rotatable bonds is 0. The van der Waals surface area contributed by atoms with Crippen LogP contribution in [0, 0.1) is 0 Å². The lowest BCUT2D eigenvalue weighted by atomic mass is 10.0. The average molecular weight is 588 g/mol. The molecule has 0 saturated heterocycles. The van der Waals surface area contributed by atoms with Crippen molar-refractivity contribution in [1.29, 1.82) is 0 Å². The van der Waals surface area contributed by atoms with Gasteiger partial charge in [0.05, 0.1) is 18.3 Å². The highest BCUT2D eigenvalue weighted by Gasteiger charge is 2.26. The molecular weight excluding hydrogens is 584 g/mol. The molecule has 0 atom stereocenters. The van der Waals surface area contributed by atoms with E-state index in [1.165, 1.54) is 22.7 Å². The first kappa shape index (κ1) is 17.4. The van der Waals surface area contributed by atoms with E-state index in [9.17, 15) is 9.59 Å². The minimum atomic E-state index is -0.120. The van der Waals surface area contributed by atoms with Gasteiger partial charge in [-0.15, -0.1) is 34.0 Å². The van der Waals surface area contributed by atoms with Crippen LogP contribution < -0.4 is 11.1 Å². The Labute approximate surface area is 198 Å². The van der Waals surface area contributed by atoms with Gasteiger partial charge in [0.15, 0.2) is 11.3 Å². The van der Waals surface area contributed by atoms with Crippen molar-refractivity contribution in [3.05, 3.63) is 52.5 Å². The maximum atomic E-state index is 13.5. The van der Waals surface area contributed by atoms with Crippen LogP contribution in [0.15, 0.2) is 41.4 Å². The average Bonchev–Trinajstić information content (AvgIpc) is 3.53. The predicted octanol–water partition coefficient (Wildman–Crippen LogP) is 6.05. The number of aromatic nitrogens is 4. The third kappa shape index (κ3) is 1.82.